The molecule has 0 saturated heterocycles. The minimum absolute atomic E-state index is 0.312. The number of rotatable bonds is 7. The van der Waals surface area contributed by atoms with Gasteiger partial charge in [0, 0.05) is 17.1 Å². The van der Waals surface area contributed by atoms with E-state index in [2.05, 4.69) is 111 Å². The highest BCUT2D eigenvalue weighted by molar-refractivity contribution is 7.99. The van der Waals surface area contributed by atoms with Gasteiger partial charge in [0.2, 0.25) is 0 Å². The van der Waals surface area contributed by atoms with Crippen molar-refractivity contribution in [1.29, 1.82) is 0 Å². The Kier molecular flexibility index (Phi) is 7.75. The van der Waals surface area contributed by atoms with Gasteiger partial charge in [-0.3, -0.25) is 4.57 Å². The zero-order valence-corrected chi connectivity index (χ0v) is 22.6. The molecule has 0 N–H and O–H groups in total. The van der Waals surface area contributed by atoms with Gasteiger partial charge in [-0.25, -0.2) is 4.79 Å². The second-order valence-corrected chi connectivity index (χ2v) is 11.2. The minimum atomic E-state index is -0.563. The van der Waals surface area contributed by atoms with Crippen molar-refractivity contribution in [3.8, 4) is 0 Å². The minimum Gasteiger partial charge on any atom is -0.443 e. The van der Waals surface area contributed by atoms with Gasteiger partial charge in [0.1, 0.15) is 5.60 Å². The molecule has 186 valence electrons. The lowest BCUT2D eigenvalue weighted by Gasteiger charge is -2.35. The Hall–Kier alpha value is -3.24. The molecule has 4 heteroatoms. The molecule has 4 rings (SSSR count). The van der Waals surface area contributed by atoms with Crippen LogP contribution in [0, 0.1) is 6.92 Å². The van der Waals surface area contributed by atoms with E-state index in [-0.39, 0.29) is 6.09 Å². The summed E-state index contributed by atoms with van der Waals surface area (Å²) in [5.74, 6) is 0.638. The van der Waals surface area contributed by atoms with E-state index in [4.69, 9.17) is 4.74 Å². The zero-order valence-electron chi connectivity index (χ0n) is 21.8. The van der Waals surface area contributed by atoms with Crippen LogP contribution in [0.2, 0.25) is 0 Å². The first-order valence-electron chi connectivity index (χ1n) is 12.5. The average molecular weight is 498 g/mol. The molecule has 0 saturated carbocycles. The molecule has 0 radical (unpaired) electrons. The Morgan fingerprint density at radius 3 is 1.64 bits per heavy atom. The van der Waals surface area contributed by atoms with Crippen molar-refractivity contribution >= 4 is 17.9 Å². The molecule has 0 unspecified atom stereocenters. The third kappa shape index (κ3) is 5.29. The second kappa shape index (κ2) is 10.8. The van der Waals surface area contributed by atoms with E-state index in [1.165, 1.54) is 16.7 Å². The lowest BCUT2D eigenvalue weighted by atomic mass is 9.84. The zero-order chi connectivity index (χ0) is 25.8. The van der Waals surface area contributed by atoms with Crippen molar-refractivity contribution < 1.29 is 9.53 Å². The largest absolute Gasteiger partial charge is 0.443 e. The molecule has 0 fully saturated rings. The summed E-state index contributed by atoms with van der Waals surface area (Å²) >= 11 is 1.83. The standard InChI is InChI=1S/C32H35NO2S/c1-6-29-24(2)22-28(33(29)30(34)35-31(3,4)5)23-36-32(25-16-10-7-11-17-25,26-18-12-8-13-19-26)27-20-14-9-15-21-27/h7-22H,6,23H2,1-5H3. The number of carbonyl (C=O) groups is 1. The van der Waals surface area contributed by atoms with Crippen LogP contribution >= 0.6 is 11.8 Å². The highest BCUT2D eigenvalue weighted by atomic mass is 32.2. The Morgan fingerprint density at radius 2 is 1.25 bits per heavy atom. The van der Waals surface area contributed by atoms with E-state index in [1.807, 2.05) is 32.5 Å². The first kappa shape index (κ1) is 25.8. The summed E-state index contributed by atoms with van der Waals surface area (Å²) in [4.78, 5) is 13.3. The number of hydrogen-bond acceptors (Lipinski definition) is 3. The molecule has 0 atom stereocenters. The van der Waals surface area contributed by atoms with Crippen molar-refractivity contribution in [2.45, 2.75) is 57.1 Å². The summed E-state index contributed by atoms with van der Waals surface area (Å²) in [5.41, 5.74) is 6.12. The smallest absolute Gasteiger partial charge is 0.418 e. The number of hydrogen-bond donors (Lipinski definition) is 0. The Balaban J connectivity index is 1.85. The normalized spacial score (nSPS) is 11.9. The monoisotopic (exact) mass is 497 g/mol. The van der Waals surface area contributed by atoms with Crippen LogP contribution in [-0.2, 0) is 21.7 Å². The Bertz CT molecular complexity index is 1190. The third-order valence-corrected chi connectivity index (χ3v) is 7.86. The van der Waals surface area contributed by atoms with Crippen LogP contribution in [0.5, 0.6) is 0 Å². The first-order valence-corrected chi connectivity index (χ1v) is 13.5. The van der Waals surface area contributed by atoms with Gasteiger partial charge in [-0.15, -0.1) is 11.8 Å². The van der Waals surface area contributed by atoms with Crippen LogP contribution in [0.1, 0.15) is 61.3 Å². The fourth-order valence-electron chi connectivity index (χ4n) is 4.78. The van der Waals surface area contributed by atoms with Crippen molar-refractivity contribution in [3.05, 3.63) is 131 Å². The molecular formula is C32H35NO2S. The van der Waals surface area contributed by atoms with Crippen LogP contribution in [0.15, 0.2) is 97.1 Å². The highest BCUT2D eigenvalue weighted by Crippen LogP contribution is 2.49. The van der Waals surface area contributed by atoms with E-state index >= 15 is 0 Å². The number of nitrogens with zero attached hydrogens (tertiary/aromatic N) is 1. The number of benzene rings is 3. The summed E-state index contributed by atoms with van der Waals surface area (Å²) in [6.45, 7) is 9.89. The number of aromatic nitrogens is 1. The summed E-state index contributed by atoms with van der Waals surface area (Å²) in [7, 11) is 0. The number of carbonyl (C=O) groups excluding carboxylic acids is 1. The van der Waals surface area contributed by atoms with Gasteiger partial charge in [0.15, 0.2) is 0 Å². The molecule has 3 aromatic carbocycles. The third-order valence-electron chi connectivity index (χ3n) is 6.28. The molecule has 0 aliphatic heterocycles. The van der Waals surface area contributed by atoms with E-state index in [0.717, 1.165) is 23.4 Å². The molecule has 0 aliphatic rings. The topological polar surface area (TPSA) is 31.2 Å². The van der Waals surface area contributed by atoms with Gasteiger partial charge in [0.05, 0.1) is 4.75 Å². The van der Waals surface area contributed by atoms with Gasteiger partial charge < -0.3 is 4.74 Å². The lowest BCUT2D eigenvalue weighted by molar-refractivity contribution is 0.0529. The van der Waals surface area contributed by atoms with E-state index in [1.54, 1.807) is 4.57 Å². The predicted molar refractivity (Wildman–Crippen MR) is 151 cm³/mol. The van der Waals surface area contributed by atoms with Crippen LogP contribution < -0.4 is 0 Å². The fourth-order valence-corrected chi connectivity index (χ4v) is 6.26. The maximum atomic E-state index is 13.3. The number of aryl methyl sites for hydroxylation is 1. The van der Waals surface area contributed by atoms with Crippen molar-refractivity contribution in [3.63, 3.8) is 0 Å². The van der Waals surface area contributed by atoms with Crippen LogP contribution in [0.3, 0.4) is 0 Å². The lowest BCUT2D eigenvalue weighted by Crippen LogP contribution is -2.29. The van der Waals surface area contributed by atoms with Gasteiger partial charge in [-0.2, -0.15) is 0 Å². The van der Waals surface area contributed by atoms with Crippen LogP contribution in [-0.4, -0.2) is 16.3 Å². The quantitative estimate of drug-likeness (QED) is 0.240. The number of ether oxygens (including phenoxy) is 1. The molecule has 3 nitrogen and oxygen atoms in total. The van der Waals surface area contributed by atoms with Crippen molar-refractivity contribution in [2.75, 3.05) is 0 Å². The molecule has 0 amide bonds. The average Bonchev–Trinajstić information content (AvgIpc) is 3.20. The molecule has 1 aromatic heterocycles. The van der Waals surface area contributed by atoms with Gasteiger partial charge >= 0.3 is 6.09 Å². The SMILES string of the molecule is CCc1c(C)cc(CSC(c2ccccc2)(c2ccccc2)c2ccccc2)n1C(=O)OC(C)(C)C. The highest BCUT2D eigenvalue weighted by Gasteiger charge is 2.37. The molecule has 0 aliphatic carbocycles. The molecule has 0 spiro atoms. The van der Waals surface area contributed by atoms with E-state index < -0.39 is 10.3 Å². The number of thioether (sulfide) groups is 1. The summed E-state index contributed by atoms with van der Waals surface area (Å²) in [6.07, 6.45) is 0.449. The second-order valence-electron chi connectivity index (χ2n) is 10.0. The maximum absolute atomic E-state index is 13.3. The molecule has 0 bridgehead atoms. The van der Waals surface area contributed by atoms with E-state index in [0.29, 0.717) is 5.75 Å². The van der Waals surface area contributed by atoms with Gasteiger partial charge in [0.25, 0.3) is 0 Å². The molecule has 4 aromatic rings. The fraction of sp³-hybridized carbons (Fsp3) is 0.281. The molecule has 1 heterocycles. The maximum Gasteiger partial charge on any atom is 0.418 e. The predicted octanol–water partition coefficient (Wildman–Crippen LogP) is 8.37. The van der Waals surface area contributed by atoms with Gasteiger partial charge in [-0.05, 0) is 62.4 Å². The Morgan fingerprint density at radius 1 is 0.806 bits per heavy atom. The van der Waals surface area contributed by atoms with E-state index in [9.17, 15) is 4.79 Å². The van der Waals surface area contributed by atoms with Crippen molar-refractivity contribution in [2.24, 2.45) is 0 Å². The Labute approximate surface area is 219 Å². The van der Waals surface area contributed by atoms with Gasteiger partial charge in [-0.1, -0.05) is 97.9 Å². The van der Waals surface area contributed by atoms with Crippen molar-refractivity contribution in [1.82, 2.24) is 4.57 Å². The summed E-state index contributed by atoms with van der Waals surface area (Å²) in [6, 6.07) is 34.1. The van der Waals surface area contributed by atoms with Crippen LogP contribution in [0.4, 0.5) is 4.79 Å². The molecule has 36 heavy (non-hydrogen) atoms. The first-order chi connectivity index (χ1) is 17.3. The molecular weight excluding hydrogens is 462 g/mol. The summed E-state index contributed by atoms with van der Waals surface area (Å²) in [5, 5.41) is 0. The summed E-state index contributed by atoms with van der Waals surface area (Å²) < 4.78 is 7.16. The van der Waals surface area contributed by atoms with Crippen LogP contribution in [0.25, 0.3) is 0 Å².